The number of fused-ring (bicyclic) bond motifs is 1. The van der Waals surface area contributed by atoms with Gasteiger partial charge in [-0.25, -0.2) is 0 Å². The molecule has 0 aromatic heterocycles. The first kappa shape index (κ1) is 16.4. The molecule has 3 rings (SSSR count). The van der Waals surface area contributed by atoms with Crippen molar-refractivity contribution in [3.63, 3.8) is 0 Å². The van der Waals surface area contributed by atoms with Crippen LogP contribution in [0.5, 0.6) is 5.75 Å². The van der Waals surface area contributed by atoms with Crippen molar-refractivity contribution >= 4 is 31.0 Å². The van der Waals surface area contributed by atoms with E-state index >= 15 is 0 Å². The molecule has 0 fully saturated rings. The molecule has 0 radical (unpaired) electrons. The fourth-order valence-corrected chi connectivity index (χ4v) is 3.96. The Hall–Kier alpha value is -2.42. The standard InChI is InChI=1S/C16H12O6S2/c17-23(18,19)16-11-10-15(13-8-4-5-9-14(13)16)22-24(20,21)12-6-2-1-3-7-12/h1-11H,(H,17,18,19). The highest BCUT2D eigenvalue weighted by Gasteiger charge is 2.21. The largest absolute Gasteiger partial charge is 0.378 e. The average Bonchev–Trinajstić information content (AvgIpc) is 2.54. The van der Waals surface area contributed by atoms with Crippen molar-refractivity contribution in [3.05, 3.63) is 66.7 Å². The maximum Gasteiger partial charge on any atom is 0.339 e. The van der Waals surface area contributed by atoms with Gasteiger partial charge < -0.3 is 4.18 Å². The van der Waals surface area contributed by atoms with Gasteiger partial charge in [0.1, 0.15) is 9.79 Å². The molecule has 3 aromatic carbocycles. The lowest BCUT2D eigenvalue weighted by molar-refractivity contribution is 0.484. The van der Waals surface area contributed by atoms with Gasteiger partial charge in [-0.05, 0) is 24.3 Å². The molecule has 0 heterocycles. The minimum Gasteiger partial charge on any atom is -0.378 e. The van der Waals surface area contributed by atoms with Crippen molar-refractivity contribution in [3.8, 4) is 5.75 Å². The highest BCUT2D eigenvalue weighted by Crippen LogP contribution is 2.32. The summed E-state index contributed by atoms with van der Waals surface area (Å²) in [6.45, 7) is 0. The maximum absolute atomic E-state index is 12.3. The van der Waals surface area contributed by atoms with Gasteiger partial charge in [0.15, 0.2) is 5.75 Å². The minimum absolute atomic E-state index is 0.0204. The predicted octanol–water partition coefficient (Wildman–Crippen LogP) is 2.85. The van der Waals surface area contributed by atoms with Crippen LogP contribution in [-0.4, -0.2) is 21.4 Å². The molecule has 0 bridgehead atoms. The molecule has 0 aliphatic carbocycles. The summed E-state index contributed by atoms with van der Waals surface area (Å²) in [5.74, 6) is -0.0261. The van der Waals surface area contributed by atoms with E-state index in [9.17, 15) is 21.4 Å². The highest BCUT2D eigenvalue weighted by molar-refractivity contribution is 7.87. The van der Waals surface area contributed by atoms with Crippen molar-refractivity contribution < 1.29 is 25.6 Å². The van der Waals surface area contributed by atoms with Crippen molar-refractivity contribution in [2.45, 2.75) is 9.79 Å². The van der Waals surface area contributed by atoms with Crippen molar-refractivity contribution in [1.29, 1.82) is 0 Å². The molecule has 3 aromatic rings. The first-order chi connectivity index (χ1) is 11.3. The summed E-state index contributed by atoms with van der Waals surface area (Å²) >= 11 is 0. The summed E-state index contributed by atoms with van der Waals surface area (Å²) in [4.78, 5) is -0.338. The molecule has 0 amide bonds. The third-order valence-corrected chi connectivity index (χ3v) is 5.51. The van der Waals surface area contributed by atoms with Crippen LogP contribution in [0.2, 0.25) is 0 Å². The Labute approximate surface area is 139 Å². The first-order valence-electron chi connectivity index (χ1n) is 6.78. The lowest BCUT2D eigenvalue weighted by atomic mass is 10.1. The Bertz CT molecular complexity index is 1100. The second-order valence-corrected chi connectivity index (χ2v) is 7.87. The number of rotatable bonds is 4. The van der Waals surface area contributed by atoms with E-state index in [2.05, 4.69) is 0 Å². The summed E-state index contributed by atoms with van der Waals surface area (Å²) in [6.07, 6.45) is 0. The smallest absolute Gasteiger partial charge is 0.339 e. The molecule has 124 valence electrons. The molecule has 8 heteroatoms. The molecule has 6 nitrogen and oxygen atoms in total. The van der Waals surface area contributed by atoms with E-state index in [-0.39, 0.29) is 26.3 Å². The average molecular weight is 364 g/mol. The van der Waals surface area contributed by atoms with Crippen molar-refractivity contribution in [2.75, 3.05) is 0 Å². The van der Waals surface area contributed by atoms with Crippen molar-refractivity contribution in [1.82, 2.24) is 0 Å². The van der Waals surface area contributed by atoms with E-state index in [4.69, 9.17) is 4.18 Å². The third kappa shape index (κ3) is 3.12. The molecule has 0 saturated carbocycles. The third-order valence-electron chi connectivity index (χ3n) is 3.35. The van der Waals surface area contributed by atoms with Gasteiger partial charge >= 0.3 is 10.1 Å². The van der Waals surface area contributed by atoms with Gasteiger partial charge in [0.25, 0.3) is 10.1 Å². The van der Waals surface area contributed by atoms with Gasteiger partial charge in [-0.2, -0.15) is 16.8 Å². The summed E-state index contributed by atoms with van der Waals surface area (Å²) < 4.78 is 62.1. The molecule has 0 aliphatic rings. The second kappa shape index (κ2) is 5.90. The van der Waals surface area contributed by atoms with Gasteiger partial charge in [-0.3, -0.25) is 4.55 Å². The normalized spacial score (nSPS) is 12.2. The minimum atomic E-state index is -4.45. The maximum atomic E-state index is 12.3. The molecule has 24 heavy (non-hydrogen) atoms. The van der Waals surface area contributed by atoms with Crippen LogP contribution in [0.4, 0.5) is 0 Å². The van der Waals surface area contributed by atoms with Crippen LogP contribution in [-0.2, 0) is 20.2 Å². The van der Waals surface area contributed by atoms with Crippen LogP contribution in [0.25, 0.3) is 10.8 Å². The van der Waals surface area contributed by atoms with Crippen LogP contribution in [0.1, 0.15) is 0 Å². The molecular weight excluding hydrogens is 352 g/mol. The monoisotopic (exact) mass is 364 g/mol. The molecule has 0 saturated heterocycles. The van der Waals surface area contributed by atoms with E-state index in [1.807, 2.05) is 0 Å². The van der Waals surface area contributed by atoms with Gasteiger partial charge in [0, 0.05) is 10.8 Å². The Balaban J connectivity index is 2.16. The van der Waals surface area contributed by atoms with Gasteiger partial charge in [-0.15, -0.1) is 0 Å². The van der Waals surface area contributed by atoms with Gasteiger partial charge in [0.2, 0.25) is 0 Å². The highest BCUT2D eigenvalue weighted by atomic mass is 32.2. The van der Waals surface area contributed by atoms with E-state index in [1.54, 1.807) is 30.3 Å². The Morgan fingerprint density at radius 3 is 1.92 bits per heavy atom. The van der Waals surface area contributed by atoms with Crippen LogP contribution in [0.3, 0.4) is 0 Å². The van der Waals surface area contributed by atoms with Crippen LogP contribution < -0.4 is 4.18 Å². The summed E-state index contributed by atoms with van der Waals surface area (Å²) in [5.41, 5.74) is 0. The topological polar surface area (TPSA) is 97.7 Å². The van der Waals surface area contributed by atoms with Crippen LogP contribution in [0, 0.1) is 0 Å². The fraction of sp³-hybridized carbons (Fsp3) is 0. The van der Waals surface area contributed by atoms with E-state index < -0.39 is 20.2 Å². The van der Waals surface area contributed by atoms with Crippen molar-refractivity contribution in [2.24, 2.45) is 0 Å². The Kier molecular flexibility index (Phi) is 4.04. The molecule has 0 aliphatic heterocycles. The number of benzene rings is 3. The van der Waals surface area contributed by atoms with Gasteiger partial charge in [-0.1, -0.05) is 42.5 Å². The SMILES string of the molecule is O=S(=O)(O)c1ccc(OS(=O)(=O)c2ccccc2)c2ccccc12. The summed E-state index contributed by atoms with van der Waals surface area (Å²) in [5, 5.41) is 0.424. The molecule has 0 atom stereocenters. The van der Waals surface area contributed by atoms with Crippen LogP contribution >= 0.6 is 0 Å². The second-order valence-electron chi connectivity index (χ2n) is 4.93. The first-order valence-corrected chi connectivity index (χ1v) is 9.63. The van der Waals surface area contributed by atoms with Gasteiger partial charge in [0.05, 0.1) is 0 Å². The molecule has 1 N–H and O–H groups in total. The van der Waals surface area contributed by atoms with E-state index in [0.717, 1.165) is 6.07 Å². The predicted molar refractivity (Wildman–Crippen MR) is 88.0 cm³/mol. The number of hydrogen-bond acceptors (Lipinski definition) is 5. The zero-order valence-corrected chi connectivity index (χ0v) is 13.8. The Morgan fingerprint density at radius 1 is 0.708 bits per heavy atom. The molecular formula is C16H12O6S2. The summed E-state index contributed by atoms with van der Waals surface area (Å²) in [6, 6.07) is 16.1. The number of hydrogen-bond donors (Lipinski definition) is 1. The molecule has 0 unspecified atom stereocenters. The lowest BCUT2D eigenvalue weighted by Gasteiger charge is -2.11. The zero-order chi connectivity index (χ0) is 17.4. The summed E-state index contributed by atoms with van der Waals surface area (Å²) in [7, 11) is -8.51. The lowest BCUT2D eigenvalue weighted by Crippen LogP contribution is -2.10. The quantitative estimate of drug-likeness (QED) is 0.565. The molecule has 0 spiro atoms. The fourth-order valence-electron chi connectivity index (χ4n) is 2.29. The van der Waals surface area contributed by atoms with Crippen LogP contribution in [0.15, 0.2) is 76.5 Å². The Morgan fingerprint density at radius 2 is 1.29 bits per heavy atom. The zero-order valence-electron chi connectivity index (χ0n) is 12.2. The van der Waals surface area contributed by atoms with E-state index in [1.165, 1.54) is 30.3 Å². The van der Waals surface area contributed by atoms with E-state index in [0.29, 0.717) is 0 Å².